The first-order chi connectivity index (χ1) is 23.2. The van der Waals surface area contributed by atoms with Gasteiger partial charge in [-0.1, -0.05) is 54.4 Å². The highest BCUT2D eigenvalue weighted by Gasteiger charge is 2.24. The van der Waals surface area contributed by atoms with Crippen LogP contribution in [0.2, 0.25) is 0 Å². The average molecular weight is 643 g/mol. The lowest BCUT2D eigenvalue weighted by atomic mass is 9.98. The molecule has 0 unspecified atom stereocenters. The Morgan fingerprint density at radius 1 is 0.958 bits per heavy atom. The van der Waals surface area contributed by atoms with E-state index in [4.69, 9.17) is 20.9 Å². The molecule has 1 fully saturated rings. The first-order valence-electron chi connectivity index (χ1n) is 16.6. The molecule has 246 valence electrons. The first-order valence-corrected chi connectivity index (χ1v) is 16.6. The lowest BCUT2D eigenvalue weighted by Gasteiger charge is -2.25. The zero-order valence-electron chi connectivity index (χ0n) is 27.5. The minimum absolute atomic E-state index is 0.0108. The minimum Gasteiger partial charge on any atom is -0.490 e. The number of nitrogens with one attached hydrogen (secondary N) is 2. The van der Waals surface area contributed by atoms with Gasteiger partial charge in [0.1, 0.15) is 24.0 Å². The van der Waals surface area contributed by atoms with Crippen molar-refractivity contribution in [1.82, 2.24) is 14.9 Å². The van der Waals surface area contributed by atoms with Crippen molar-refractivity contribution in [2.24, 2.45) is 5.73 Å². The number of carbonyl (C=O) groups is 2. The topological polar surface area (TPSA) is 126 Å². The molecule has 1 heterocycles. The summed E-state index contributed by atoms with van der Waals surface area (Å²) in [5.74, 6) is 0.844. The number of benzene rings is 4. The number of hydrogen-bond acceptors (Lipinski definition) is 5. The van der Waals surface area contributed by atoms with Crippen LogP contribution in [0.5, 0.6) is 5.75 Å². The summed E-state index contributed by atoms with van der Waals surface area (Å²) in [5.41, 5.74) is 10.9. The van der Waals surface area contributed by atoms with Gasteiger partial charge in [-0.3, -0.25) is 15.0 Å². The van der Waals surface area contributed by atoms with Crippen molar-refractivity contribution in [3.8, 4) is 5.75 Å². The second-order valence-corrected chi connectivity index (χ2v) is 12.6. The van der Waals surface area contributed by atoms with E-state index in [1.165, 1.54) is 19.3 Å². The summed E-state index contributed by atoms with van der Waals surface area (Å²) in [6.45, 7) is 4.02. The van der Waals surface area contributed by atoms with Crippen molar-refractivity contribution in [3.05, 3.63) is 125 Å². The third-order valence-corrected chi connectivity index (χ3v) is 8.96. The summed E-state index contributed by atoms with van der Waals surface area (Å²) in [7, 11) is 0. The zero-order valence-corrected chi connectivity index (χ0v) is 27.5. The SMILES string of the molecule is Cc1ccc(C(=O)N(Cc2nc3cc(C(=N)N)ccc3n2CC(=O)N[C@@H](C)c2ccccc2)c2ccc(OC3CCCCC3)cc2)cc1. The van der Waals surface area contributed by atoms with Crippen molar-refractivity contribution < 1.29 is 14.3 Å². The third kappa shape index (κ3) is 7.57. The Balaban J connectivity index is 1.34. The van der Waals surface area contributed by atoms with E-state index >= 15 is 0 Å². The summed E-state index contributed by atoms with van der Waals surface area (Å²) in [6, 6.07) is 30.0. The molecule has 4 aromatic carbocycles. The number of imidazole rings is 1. The largest absolute Gasteiger partial charge is 0.490 e. The van der Waals surface area contributed by atoms with Gasteiger partial charge in [-0.15, -0.1) is 0 Å². The molecule has 4 N–H and O–H groups in total. The predicted molar refractivity (Wildman–Crippen MR) is 189 cm³/mol. The van der Waals surface area contributed by atoms with Crippen LogP contribution >= 0.6 is 0 Å². The van der Waals surface area contributed by atoms with Gasteiger partial charge in [0.15, 0.2) is 0 Å². The van der Waals surface area contributed by atoms with E-state index < -0.39 is 0 Å². The summed E-state index contributed by atoms with van der Waals surface area (Å²) in [5, 5.41) is 11.0. The molecule has 0 bridgehead atoms. The van der Waals surface area contributed by atoms with Crippen molar-refractivity contribution in [3.63, 3.8) is 0 Å². The molecule has 6 rings (SSSR count). The van der Waals surface area contributed by atoms with E-state index in [0.717, 1.165) is 29.7 Å². The van der Waals surface area contributed by atoms with Gasteiger partial charge in [0.25, 0.3) is 5.91 Å². The molecular weight excluding hydrogens is 600 g/mol. The van der Waals surface area contributed by atoms with E-state index in [-0.39, 0.29) is 42.9 Å². The van der Waals surface area contributed by atoms with Crippen LogP contribution in [0.4, 0.5) is 5.69 Å². The monoisotopic (exact) mass is 642 g/mol. The number of carbonyl (C=O) groups excluding carboxylic acids is 2. The van der Waals surface area contributed by atoms with Gasteiger partial charge in [-0.2, -0.15) is 0 Å². The van der Waals surface area contributed by atoms with Crippen LogP contribution in [0, 0.1) is 12.3 Å². The van der Waals surface area contributed by atoms with Gasteiger partial charge in [0.2, 0.25) is 5.91 Å². The molecule has 0 saturated heterocycles. The fourth-order valence-corrected chi connectivity index (χ4v) is 6.25. The number of fused-ring (bicyclic) bond motifs is 1. The van der Waals surface area contributed by atoms with Gasteiger partial charge in [-0.25, -0.2) is 4.98 Å². The van der Waals surface area contributed by atoms with Crippen molar-refractivity contribution in [2.45, 2.75) is 71.2 Å². The number of amidine groups is 1. The number of nitrogen functional groups attached to an aromatic ring is 1. The van der Waals surface area contributed by atoms with Crippen LogP contribution < -0.4 is 20.7 Å². The van der Waals surface area contributed by atoms with Crippen LogP contribution in [0.15, 0.2) is 97.1 Å². The molecular formula is C39H42N6O3. The van der Waals surface area contributed by atoms with Crippen LogP contribution in [-0.4, -0.2) is 33.3 Å². The Hall–Kier alpha value is -5.44. The molecule has 1 aliphatic rings. The van der Waals surface area contributed by atoms with E-state index in [2.05, 4.69) is 5.32 Å². The Bertz CT molecular complexity index is 1890. The van der Waals surface area contributed by atoms with E-state index in [1.54, 1.807) is 17.0 Å². The molecule has 9 nitrogen and oxygen atoms in total. The van der Waals surface area contributed by atoms with Crippen LogP contribution in [0.3, 0.4) is 0 Å². The molecule has 1 saturated carbocycles. The second-order valence-electron chi connectivity index (χ2n) is 12.6. The van der Waals surface area contributed by atoms with Gasteiger partial charge >= 0.3 is 0 Å². The van der Waals surface area contributed by atoms with Crippen molar-refractivity contribution >= 4 is 34.4 Å². The summed E-state index contributed by atoms with van der Waals surface area (Å²) in [4.78, 5) is 34.3. The fraction of sp³-hybridized carbons (Fsp3) is 0.282. The summed E-state index contributed by atoms with van der Waals surface area (Å²) in [6.07, 6.45) is 5.94. The Morgan fingerprint density at radius 3 is 2.33 bits per heavy atom. The number of aryl methyl sites for hydroxylation is 1. The van der Waals surface area contributed by atoms with Crippen molar-refractivity contribution in [1.29, 1.82) is 5.41 Å². The van der Waals surface area contributed by atoms with Crippen LogP contribution in [-0.2, 0) is 17.9 Å². The van der Waals surface area contributed by atoms with Crippen molar-refractivity contribution in [2.75, 3.05) is 4.90 Å². The Labute approximate surface area is 281 Å². The number of anilines is 1. The van der Waals surface area contributed by atoms with E-state index in [1.807, 2.05) is 103 Å². The number of nitrogens with zero attached hydrogens (tertiary/aromatic N) is 3. The standard InChI is InChI=1S/C39H42N6O3/c1-26-13-15-29(16-14-26)39(47)44(31-18-20-33(21-19-31)48-32-11-7-4-8-12-32)24-36-43-34-23-30(38(40)41)17-22-35(34)45(36)25-37(46)42-27(2)28-9-5-3-6-10-28/h3,5-6,9-10,13-23,27,32H,4,7-8,11-12,24-25H2,1-2H3,(H3,40,41)(H,42,46)/t27-/m0/s1. The summed E-state index contributed by atoms with van der Waals surface area (Å²) < 4.78 is 8.11. The fourth-order valence-electron chi connectivity index (χ4n) is 6.25. The third-order valence-electron chi connectivity index (χ3n) is 8.96. The molecule has 1 aromatic heterocycles. The maximum atomic E-state index is 14.2. The molecule has 1 aliphatic carbocycles. The predicted octanol–water partition coefficient (Wildman–Crippen LogP) is 7.06. The summed E-state index contributed by atoms with van der Waals surface area (Å²) >= 11 is 0. The van der Waals surface area contributed by atoms with Crippen LogP contribution in [0.1, 0.15) is 77.9 Å². The van der Waals surface area contributed by atoms with Gasteiger partial charge in [-0.05, 0) is 99.7 Å². The molecule has 1 atom stereocenters. The lowest BCUT2D eigenvalue weighted by Crippen LogP contribution is -2.34. The first kappa shape index (κ1) is 32.5. The molecule has 0 spiro atoms. The number of aromatic nitrogens is 2. The molecule has 9 heteroatoms. The van der Waals surface area contributed by atoms with Gasteiger partial charge in [0, 0.05) is 16.8 Å². The highest BCUT2D eigenvalue weighted by atomic mass is 16.5. The molecule has 2 amide bonds. The number of rotatable bonds is 11. The average Bonchev–Trinajstić information content (AvgIpc) is 3.44. The quantitative estimate of drug-likeness (QED) is 0.105. The number of amides is 2. The second kappa shape index (κ2) is 14.5. The van der Waals surface area contributed by atoms with E-state index in [0.29, 0.717) is 33.7 Å². The maximum Gasteiger partial charge on any atom is 0.258 e. The molecule has 0 aliphatic heterocycles. The Morgan fingerprint density at radius 2 is 1.65 bits per heavy atom. The lowest BCUT2D eigenvalue weighted by molar-refractivity contribution is -0.122. The number of hydrogen-bond donors (Lipinski definition) is 3. The van der Waals surface area contributed by atoms with Crippen LogP contribution in [0.25, 0.3) is 11.0 Å². The van der Waals surface area contributed by atoms with Gasteiger partial charge < -0.3 is 25.3 Å². The Kier molecular flexibility index (Phi) is 9.85. The van der Waals surface area contributed by atoms with E-state index in [9.17, 15) is 9.59 Å². The normalized spacial score (nSPS) is 14.0. The zero-order chi connectivity index (χ0) is 33.6. The maximum absolute atomic E-state index is 14.2. The molecule has 0 radical (unpaired) electrons. The van der Waals surface area contributed by atoms with Gasteiger partial charge in [0.05, 0.1) is 29.7 Å². The smallest absolute Gasteiger partial charge is 0.258 e. The number of ether oxygens (including phenoxy) is 1. The highest BCUT2D eigenvalue weighted by molar-refractivity contribution is 6.06. The molecule has 48 heavy (non-hydrogen) atoms. The number of nitrogens with two attached hydrogens (primary N) is 1. The minimum atomic E-state index is -0.199. The highest BCUT2D eigenvalue weighted by Crippen LogP contribution is 2.28. The molecule has 5 aromatic rings.